The number of aliphatic hydroxyl groups is 2. The highest BCUT2D eigenvalue weighted by molar-refractivity contribution is 5.76. The molecule has 5 fully saturated rings. The van der Waals surface area contributed by atoms with Gasteiger partial charge in [-0.2, -0.15) is 0 Å². The summed E-state index contributed by atoms with van der Waals surface area (Å²) in [5, 5.41) is 32.1. The van der Waals surface area contributed by atoms with Crippen LogP contribution in [0.3, 0.4) is 0 Å². The average Bonchev–Trinajstić information content (AvgIpc) is 2.93. The molecule has 0 aromatic carbocycles. The van der Waals surface area contributed by atoms with E-state index in [4.69, 9.17) is 14.2 Å². The molecule has 254 valence electrons. The minimum atomic E-state index is -1.31. The fourth-order valence-electron chi connectivity index (χ4n) is 12.2. The predicted octanol–water partition coefficient (Wildman–Crippen LogP) is 6.27. The zero-order chi connectivity index (χ0) is 33.0. The lowest BCUT2D eigenvalue weighted by Crippen LogP contribution is -2.65. The van der Waals surface area contributed by atoms with Gasteiger partial charge in [0.05, 0.1) is 18.1 Å². The third-order valence-electron chi connectivity index (χ3n) is 15.1. The van der Waals surface area contributed by atoms with Gasteiger partial charge >= 0.3 is 11.9 Å². The first-order chi connectivity index (χ1) is 20.8. The van der Waals surface area contributed by atoms with Crippen molar-refractivity contribution in [3.05, 3.63) is 11.6 Å². The number of carboxylic acids is 1. The molecule has 6 aliphatic rings. The Morgan fingerprint density at radius 2 is 1.58 bits per heavy atom. The van der Waals surface area contributed by atoms with E-state index >= 15 is 0 Å². The van der Waals surface area contributed by atoms with Crippen LogP contribution in [0.4, 0.5) is 0 Å². The van der Waals surface area contributed by atoms with Gasteiger partial charge in [0.2, 0.25) is 0 Å². The summed E-state index contributed by atoms with van der Waals surface area (Å²) in [5.74, 6) is -0.124. The molecule has 0 amide bonds. The predicted molar refractivity (Wildman–Crippen MR) is 169 cm³/mol. The van der Waals surface area contributed by atoms with Crippen LogP contribution in [0, 0.1) is 50.2 Å². The topological polar surface area (TPSA) is 123 Å². The average molecular weight is 631 g/mol. The second-order valence-corrected chi connectivity index (χ2v) is 18.0. The smallest absolute Gasteiger partial charge is 0.310 e. The molecule has 1 heterocycles. The Kier molecular flexibility index (Phi) is 7.99. The lowest BCUT2D eigenvalue weighted by Gasteiger charge is -2.71. The molecule has 0 unspecified atom stereocenters. The Hall–Kier alpha value is -1.48. The van der Waals surface area contributed by atoms with Crippen LogP contribution in [0.1, 0.15) is 120 Å². The first-order valence-electron chi connectivity index (χ1n) is 17.6. The van der Waals surface area contributed by atoms with E-state index in [1.165, 1.54) is 12.5 Å². The van der Waals surface area contributed by atoms with Gasteiger partial charge in [0.25, 0.3) is 0 Å². The molecule has 6 rings (SSSR count). The highest BCUT2D eigenvalue weighted by Crippen LogP contribution is 2.76. The lowest BCUT2D eigenvalue weighted by atomic mass is 9.33. The van der Waals surface area contributed by atoms with Crippen LogP contribution in [0.2, 0.25) is 0 Å². The molecule has 12 atom stereocenters. The number of aliphatic hydroxyl groups excluding tert-OH is 2. The van der Waals surface area contributed by atoms with E-state index in [0.717, 1.165) is 64.2 Å². The van der Waals surface area contributed by atoms with E-state index < -0.39 is 42.0 Å². The van der Waals surface area contributed by atoms with Crippen molar-refractivity contribution in [3.8, 4) is 0 Å². The Morgan fingerprint density at radius 3 is 2.24 bits per heavy atom. The van der Waals surface area contributed by atoms with E-state index in [-0.39, 0.29) is 45.7 Å². The number of hydrogen-bond donors (Lipinski definition) is 3. The third-order valence-corrected chi connectivity index (χ3v) is 15.1. The van der Waals surface area contributed by atoms with Crippen molar-refractivity contribution in [1.29, 1.82) is 0 Å². The van der Waals surface area contributed by atoms with Crippen molar-refractivity contribution in [3.63, 3.8) is 0 Å². The fraction of sp³-hybridized carbons (Fsp3) is 0.892. The standard InChI is InChI=1S/C37H58O8/c1-21(38)44-24-20-43-30(29(40)28(24)39)45-27-12-13-34(6)25(33(27,4)5)11-14-36(8)26(34)10-9-22-23-19-32(2,3)15-17-37(23,31(41)42)18-16-35(22,36)7/h9,23-30,39-40H,10-20H2,1-8H3,(H,41,42)/t23-,24-,25-,26+,27-,28-,29+,30-,34-,35+,36+,37-/m0/s1. The molecule has 0 bridgehead atoms. The number of hydrogen-bond acceptors (Lipinski definition) is 7. The van der Waals surface area contributed by atoms with Gasteiger partial charge in [-0.25, -0.2) is 0 Å². The van der Waals surface area contributed by atoms with E-state index in [1.807, 2.05) is 0 Å². The number of rotatable bonds is 4. The minimum Gasteiger partial charge on any atom is -0.481 e. The van der Waals surface area contributed by atoms with Crippen LogP contribution < -0.4 is 0 Å². The number of carboxylic acid groups (broad SMARTS) is 1. The number of fused-ring (bicyclic) bond motifs is 7. The van der Waals surface area contributed by atoms with Crippen LogP contribution in [-0.4, -0.2) is 64.6 Å². The monoisotopic (exact) mass is 630 g/mol. The number of carbonyl (C=O) groups is 2. The molecule has 45 heavy (non-hydrogen) atoms. The number of aliphatic carboxylic acids is 1. The zero-order valence-corrected chi connectivity index (χ0v) is 28.9. The zero-order valence-electron chi connectivity index (χ0n) is 28.9. The van der Waals surface area contributed by atoms with Gasteiger partial charge < -0.3 is 29.5 Å². The van der Waals surface area contributed by atoms with E-state index in [0.29, 0.717) is 11.8 Å². The molecular formula is C37H58O8. The van der Waals surface area contributed by atoms with Crippen LogP contribution in [-0.2, 0) is 23.8 Å². The van der Waals surface area contributed by atoms with Gasteiger partial charge in [-0.05, 0) is 109 Å². The summed E-state index contributed by atoms with van der Waals surface area (Å²) in [5.41, 5.74) is 0.929. The van der Waals surface area contributed by atoms with Gasteiger partial charge in [0.15, 0.2) is 12.4 Å². The van der Waals surface area contributed by atoms with Crippen LogP contribution >= 0.6 is 0 Å². The van der Waals surface area contributed by atoms with Gasteiger partial charge in [-0.15, -0.1) is 0 Å². The van der Waals surface area contributed by atoms with Gasteiger partial charge in [0, 0.05) is 6.92 Å². The Morgan fingerprint density at radius 1 is 0.889 bits per heavy atom. The second-order valence-electron chi connectivity index (χ2n) is 18.0. The highest BCUT2D eigenvalue weighted by Gasteiger charge is 2.69. The second kappa shape index (κ2) is 10.8. The van der Waals surface area contributed by atoms with E-state index in [1.54, 1.807) is 0 Å². The molecule has 5 aliphatic carbocycles. The summed E-state index contributed by atoms with van der Waals surface area (Å²) in [6, 6.07) is 0. The summed E-state index contributed by atoms with van der Waals surface area (Å²) in [6.07, 6.45) is 7.33. The van der Waals surface area contributed by atoms with E-state index in [9.17, 15) is 24.9 Å². The summed E-state index contributed by atoms with van der Waals surface area (Å²) < 4.78 is 17.5. The Balaban J connectivity index is 1.26. The minimum absolute atomic E-state index is 0.0207. The normalized spacial score (nSPS) is 50.1. The fourth-order valence-corrected chi connectivity index (χ4v) is 12.2. The summed E-state index contributed by atoms with van der Waals surface area (Å²) in [7, 11) is 0. The number of carbonyl (C=O) groups excluding carboxylic acids is 1. The van der Waals surface area contributed by atoms with Crippen molar-refractivity contribution in [2.45, 2.75) is 150 Å². The van der Waals surface area contributed by atoms with Gasteiger partial charge in [-0.3, -0.25) is 9.59 Å². The summed E-state index contributed by atoms with van der Waals surface area (Å²) >= 11 is 0. The highest BCUT2D eigenvalue weighted by atomic mass is 16.7. The van der Waals surface area contributed by atoms with Gasteiger partial charge in [0.1, 0.15) is 12.2 Å². The van der Waals surface area contributed by atoms with Crippen LogP contribution in [0.25, 0.3) is 0 Å². The first-order valence-corrected chi connectivity index (χ1v) is 17.6. The number of esters is 1. The third kappa shape index (κ3) is 4.81. The molecule has 8 heteroatoms. The number of allylic oxidation sites excluding steroid dienone is 2. The molecule has 0 spiro atoms. The maximum Gasteiger partial charge on any atom is 0.310 e. The van der Waals surface area contributed by atoms with Crippen molar-refractivity contribution >= 4 is 11.9 Å². The molecule has 8 nitrogen and oxygen atoms in total. The van der Waals surface area contributed by atoms with Crippen molar-refractivity contribution in [1.82, 2.24) is 0 Å². The number of ether oxygens (including phenoxy) is 3. The maximum absolute atomic E-state index is 12.9. The Bertz CT molecular complexity index is 1240. The molecule has 0 aromatic rings. The Labute approximate surface area is 269 Å². The van der Waals surface area contributed by atoms with Crippen LogP contribution in [0.15, 0.2) is 11.6 Å². The maximum atomic E-state index is 12.9. The van der Waals surface area contributed by atoms with Crippen LogP contribution in [0.5, 0.6) is 0 Å². The molecule has 0 aromatic heterocycles. The van der Waals surface area contributed by atoms with Crippen molar-refractivity contribution < 1.29 is 39.1 Å². The molecule has 3 N–H and O–H groups in total. The molecule has 1 saturated heterocycles. The first kappa shape index (κ1) is 33.4. The molecule has 0 radical (unpaired) electrons. The molecule has 4 saturated carbocycles. The quantitative estimate of drug-likeness (QED) is 0.189. The van der Waals surface area contributed by atoms with Crippen molar-refractivity contribution in [2.75, 3.05) is 6.61 Å². The SMILES string of the molecule is CC(=O)O[C@H]1CO[C@@H](O[C@H]2CC[C@]3(C)[C@H]4CC=C5[C@@H]6CC(C)(C)CC[C@]6(C(=O)O)CC[C@@]5(C)[C@]4(C)CC[C@H]3C2(C)C)[C@H](O)[C@H]1O. The molecular weight excluding hydrogens is 572 g/mol. The van der Waals surface area contributed by atoms with E-state index in [2.05, 4.69) is 54.5 Å². The largest absolute Gasteiger partial charge is 0.481 e. The van der Waals surface area contributed by atoms with Gasteiger partial charge in [-0.1, -0.05) is 60.1 Å². The summed E-state index contributed by atoms with van der Waals surface area (Å²) in [6.45, 7) is 18.0. The van der Waals surface area contributed by atoms with Crippen molar-refractivity contribution in [2.24, 2.45) is 50.2 Å². The summed E-state index contributed by atoms with van der Waals surface area (Å²) in [4.78, 5) is 24.4. The molecule has 1 aliphatic heterocycles. The lowest BCUT2D eigenvalue weighted by molar-refractivity contribution is -0.309.